The first-order valence-electron chi connectivity index (χ1n) is 10.7. The summed E-state index contributed by atoms with van der Waals surface area (Å²) in [7, 11) is 5.05. The van der Waals surface area contributed by atoms with Crippen LogP contribution in [0.5, 0.6) is 5.75 Å². The molecule has 0 aromatic heterocycles. The van der Waals surface area contributed by atoms with Crippen molar-refractivity contribution in [2.45, 2.75) is 26.3 Å². The Labute approximate surface area is 182 Å². The van der Waals surface area contributed by atoms with E-state index in [1.54, 1.807) is 31.2 Å². The van der Waals surface area contributed by atoms with Crippen molar-refractivity contribution in [2.75, 3.05) is 52.7 Å². The molecule has 0 bridgehead atoms. The molecular formula is C22H31N6O3+. The summed E-state index contributed by atoms with van der Waals surface area (Å²) < 4.78 is 6.23. The van der Waals surface area contributed by atoms with E-state index in [-0.39, 0.29) is 17.9 Å². The smallest absolute Gasteiger partial charge is 0.309 e. The van der Waals surface area contributed by atoms with Crippen LogP contribution in [-0.4, -0.2) is 85.5 Å². The molecule has 0 radical (unpaired) electrons. The van der Waals surface area contributed by atoms with Crippen LogP contribution in [0.3, 0.4) is 0 Å². The predicted molar refractivity (Wildman–Crippen MR) is 119 cm³/mol. The Morgan fingerprint density at radius 1 is 1.29 bits per heavy atom. The molecule has 0 unspecified atom stereocenters. The van der Waals surface area contributed by atoms with Gasteiger partial charge in [-0.1, -0.05) is 0 Å². The highest BCUT2D eigenvalue weighted by Crippen LogP contribution is 2.37. The van der Waals surface area contributed by atoms with Crippen molar-refractivity contribution in [1.82, 2.24) is 15.1 Å². The van der Waals surface area contributed by atoms with Gasteiger partial charge < -0.3 is 19.9 Å². The Morgan fingerprint density at radius 3 is 2.65 bits per heavy atom. The second-order valence-electron chi connectivity index (χ2n) is 8.57. The van der Waals surface area contributed by atoms with E-state index in [1.807, 2.05) is 13.1 Å². The summed E-state index contributed by atoms with van der Waals surface area (Å²) in [4.78, 5) is 33.6. The van der Waals surface area contributed by atoms with E-state index in [2.05, 4.69) is 29.4 Å². The third kappa shape index (κ3) is 3.74. The lowest BCUT2D eigenvalue weighted by Crippen LogP contribution is -2.47. The fourth-order valence-electron chi connectivity index (χ4n) is 4.17. The highest BCUT2D eigenvalue weighted by atomic mass is 16.5. The maximum absolute atomic E-state index is 12.6. The van der Waals surface area contributed by atoms with Gasteiger partial charge in [0.15, 0.2) is 5.82 Å². The second kappa shape index (κ2) is 7.88. The normalized spacial score (nSPS) is 19.8. The molecule has 0 atom stereocenters. The molecule has 9 nitrogen and oxygen atoms in total. The Bertz CT molecular complexity index is 979. The minimum atomic E-state index is -0.164. The molecule has 4 rings (SSSR count). The molecular weight excluding hydrogens is 396 g/mol. The number of likely N-dealkylation sites (N-methyl/N-ethyl adjacent to an activating group) is 1. The Balaban J connectivity index is 1.73. The van der Waals surface area contributed by atoms with Crippen molar-refractivity contribution < 1.29 is 18.8 Å². The summed E-state index contributed by atoms with van der Waals surface area (Å²) >= 11 is 0. The van der Waals surface area contributed by atoms with E-state index in [9.17, 15) is 9.59 Å². The fraction of sp³-hybridized carbons (Fsp3) is 0.500. The number of benzene rings is 1. The van der Waals surface area contributed by atoms with E-state index >= 15 is 0 Å². The van der Waals surface area contributed by atoms with E-state index in [4.69, 9.17) is 9.73 Å². The van der Waals surface area contributed by atoms with Gasteiger partial charge in [0.25, 0.3) is 5.91 Å². The van der Waals surface area contributed by atoms with Crippen LogP contribution in [0.15, 0.2) is 34.7 Å². The third-order valence-electron chi connectivity index (χ3n) is 6.31. The number of carbonyl (C=O) groups is 2. The fourth-order valence-corrected chi connectivity index (χ4v) is 4.17. The monoisotopic (exact) mass is 427 g/mol. The standard InChI is InChI=1S/C22H30N6O3/c1-14(2)27-9-8-19(29)26(4)17-13-28(10-11-28)22(25-20(17)27)24-16-7-6-15(21(30)23-3)12-18(16)31-5/h6-7,12,14H,8-11,13H2,1-5H3,(H-,23,24,25,30)/p+1. The van der Waals surface area contributed by atoms with Crippen molar-refractivity contribution in [2.24, 2.45) is 4.99 Å². The molecule has 1 spiro atoms. The molecule has 9 heteroatoms. The lowest BCUT2D eigenvalue weighted by Gasteiger charge is -2.34. The molecule has 2 N–H and O–H groups in total. The number of amides is 2. The summed E-state index contributed by atoms with van der Waals surface area (Å²) in [6.45, 7) is 7.56. The lowest BCUT2D eigenvalue weighted by atomic mass is 10.1. The average molecular weight is 428 g/mol. The van der Waals surface area contributed by atoms with E-state index in [0.717, 1.165) is 42.8 Å². The largest absolute Gasteiger partial charge is 0.495 e. The van der Waals surface area contributed by atoms with E-state index in [0.29, 0.717) is 28.8 Å². The molecule has 3 aliphatic heterocycles. The Hall–Kier alpha value is -3.07. The van der Waals surface area contributed by atoms with Crippen LogP contribution in [0.2, 0.25) is 0 Å². The number of anilines is 1. The molecule has 2 amide bonds. The SMILES string of the molecule is CNC(=O)c1ccc(NC2=NC3=C(C[N+]24CC4)N(C)C(=O)CCN3C(C)C)c(OC)c1. The van der Waals surface area contributed by atoms with Crippen LogP contribution in [0, 0.1) is 0 Å². The van der Waals surface area contributed by atoms with Gasteiger partial charge in [0.05, 0.1) is 12.8 Å². The Kier molecular flexibility index (Phi) is 5.38. The van der Waals surface area contributed by atoms with Crippen molar-refractivity contribution in [1.29, 1.82) is 0 Å². The van der Waals surface area contributed by atoms with Crippen LogP contribution >= 0.6 is 0 Å². The molecule has 1 saturated heterocycles. The van der Waals surface area contributed by atoms with Crippen molar-refractivity contribution in [3.05, 3.63) is 35.3 Å². The lowest BCUT2D eigenvalue weighted by molar-refractivity contribution is -0.696. The highest BCUT2D eigenvalue weighted by molar-refractivity contribution is 5.97. The molecule has 1 aromatic rings. The minimum absolute atomic E-state index is 0.133. The van der Waals surface area contributed by atoms with Crippen LogP contribution in [0.1, 0.15) is 30.6 Å². The van der Waals surface area contributed by atoms with Gasteiger partial charge in [0.1, 0.15) is 31.1 Å². The number of aliphatic imine (C=N–C) groups is 1. The summed E-state index contributed by atoms with van der Waals surface area (Å²) in [5.74, 6) is 2.26. The predicted octanol–water partition coefficient (Wildman–Crippen LogP) is 1.41. The van der Waals surface area contributed by atoms with Gasteiger partial charge >= 0.3 is 5.96 Å². The van der Waals surface area contributed by atoms with Gasteiger partial charge in [-0.3, -0.25) is 14.9 Å². The van der Waals surface area contributed by atoms with Crippen LogP contribution < -0.4 is 15.4 Å². The Morgan fingerprint density at radius 2 is 2.03 bits per heavy atom. The molecule has 1 fully saturated rings. The van der Waals surface area contributed by atoms with Crippen LogP contribution in [0.4, 0.5) is 5.69 Å². The number of nitrogens with one attached hydrogen (secondary N) is 2. The second-order valence-corrected chi connectivity index (χ2v) is 8.57. The number of hydrogen-bond donors (Lipinski definition) is 2. The zero-order valence-electron chi connectivity index (χ0n) is 18.9. The third-order valence-corrected chi connectivity index (χ3v) is 6.31. The topological polar surface area (TPSA) is 86.3 Å². The summed E-state index contributed by atoms with van der Waals surface area (Å²) in [5.41, 5.74) is 2.28. The quantitative estimate of drug-likeness (QED) is 0.561. The first kappa shape index (κ1) is 21.2. The maximum Gasteiger partial charge on any atom is 0.309 e. The van der Waals surface area contributed by atoms with E-state index < -0.39 is 0 Å². The number of ether oxygens (including phenoxy) is 1. The molecule has 0 aliphatic carbocycles. The first-order valence-corrected chi connectivity index (χ1v) is 10.7. The first-order chi connectivity index (χ1) is 14.8. The highest BCUT2D eigenvalue weighted by Gasteiger charge is 2.53. The van der Waals surface area contributed by atoms with Gasteiger partial charge in [0.2, 0.25) is 5.91 Å². The van der Waals surface area contributed by atoms with Crippen LogP contribution in [-0.2, 0) is 4.79 Å². The number of quaternary nitrogens is 1. The van der Waals surface area contributed by atoms with Gasteiger partial charge in [-0.15, -0.1) is 0 Å². The summed E-state index contributed by atoms with van der Waals surface area (Å²) in [5, 5.41) is 6.11. The number of hydrogen-bond acceptors (Lipinski definition) is 6. The summed E-state index contributed by atoms with van der Waals surface area (Å²) in [6, 6.07) is 5.57. The maximum atomic E-state index is 12.6. The van der Waals surface area contributed by atoms with Gasteiger partial charge in [-0.25, -0.2) is 4.48 Å². The molecule has 3 heterocycles. The zero-order valence-corrected chi connectivity index (χ0v) is 18.9. The van der Waals surface area contributed by atoms with Crippen molar-refractivity contribution >= 4 is 23.5 Å². The van der Waals surface area contributed by atoms with Crippen LogP contribution in [0.25, 0.3) is 0 Å². The average Bonchev–Trinajstić information content (AvgIpc) is 3.55. The number of nitrogens with zero attached hydrogens (tertiary/aromatic N) is 4. The number of methoxy groups -OCH3 is 1. The minimum Gasteiger partial charge on any atom is -0.495 e. The van der Waals surface area contributed by atoms with Gasteiger partial charge in [-0.05, 0) is 32.0 Å². The van der Waals surface area contributed by atoms with Gasteiger partial charge in [-0.2, -0.15) is 4.99 Å². The number of guanidine groups is 1. The van der Waals surface area contributed by atoms with Crippen molar-refractivity contribution in [3.8, 4) is 5.75 Å². The molecule has 31 heavy (non-hydrogen) atoms. The molecule has 0 saturated carbocycles. The number of rotatable bonds is 4. The van der Waals surface area contributed by atoms with Gasteiger partial charge in [0, 0.05) is 38.7 Å². The molecule has 3 aliphatic rings. The molecule has 166 valence electrons. The zero-order chi connectivity index (χ0) is 22.3. The molecule has 1 aromatic carbocycles. The summed E-state index contributed by atoms with van der Waals surface area (Å²) in [6.07, 6.45) is 0.481. The van der Waals surface area contributed by atoms with Crippen molar-refractivity contribution in [3.63, 3.8) is 0 Å². The van der Waals surface area contributed by atoms with E-state index in [1.165, 1.54) is 0 Å². The number of carbonyl (C=O) groups excluding carboxylic acids is 2.